The zero-order chi connectivity index (χ0) is 25.3. The molecular weight excluding hydrogens is 444 g/mol. The van der Waals surface area contributed by atoms with Crippen LogP contribution in [0.25, 0.3) is 0 Å². The topological polar surface area (TPSA) is 86.7 Å². The third-order valence-corrected chi connectivity index (χ3v) is 7.81. The van der Waals surface area contributed by atoms with Crippen molar-refractivity contribution in [3.63, 3.8) is 0 Å². The summed E-state index contributed by atoms with van der Waals surface area (Å²) in [6.07, 6.45) is 2.46. The Labute approximate surface area is 206 Å². The standard InChI is InChI=1S/C29H32O6/c1-16-5-7-20(11-18(16)3)24(30)14-34-28(32)26-22-9-10-23(13-22)27(26)29(33)35-15-25(31)21-8-6-17(2)19(4)12-21/h5-8,11-12,22-23,26-27H,9-10,13-15H2,1-4H3/t22-,23+,26-,27+. The molecule has 2 aliphatic rings. The van der Waals surface area contributed by atoms with Crippen molar-refractivity contribution in [3.05, 3.63) is 69.8 Å². The van der Waals surface area contributed by atoms with Crippen molar-refractivity contribution in [2.24, 2.45) is 23.7 Å². The number of esters is 2. The van der Waals surface area contributed by atoms with Gasteiger partial charge in [-0.2, -0.15) is 0 Å². The third-order valence-electron chi connectivity index (χ3n) is 7.81. The summed E-state index contributed by atoms with van der Waals surface area (Å²) < 4.78 is 10.8. The lowest BCUT2D eigenvalue weighted by atomic mass is 9.79. The van der Waals surface area contributed by atoms with E-state index in [1.165, 1.54) is 0 Å². The van der Waals surface area contributed by atoms with E-state index in [1.807, 2.05) is 39.8 Å². The lowest BCUT2D eigenvalue weighted by molar-refractivity contribution is -0.162. The molecule has 0 unspecified atom stereocenters. The number of carbonyl (C=O) groups excluding carboxylic acids is 4. The Balaban J connectivity index is 1.37. The number of ketones is 2. The van der Waals surface area contributed by atoms with Crippen molar-refractivity contribution < 1.29 is 28.7 Å². The highest BCUT2D eigenvalue weighted by Gasteiger charge is 2.55. The Morgan fingerprint density at radius 2 is 1.06 bits per heavy atom. The van der Waals surface area contributed by atoms with E-state index in [9.17, 15) is 19.2 Å². The average molecular weight is 477 g/mol. The van der Waals surface area contributed by atoms with Crippen LogP contribution in [0.5, 0.6) is 0 Å². The average Bonchev–Trinajstić information content (AvgIpc) is 3.46. The molecule has 2 aliphatic carbocycles. The SMILES string of the molecule is Cc1ccc(C(=O)COC(=O)[C@@H]2[C@@H]3CC[C@@H](C3)[C@@H]2C(=O)OCC(=O)c2ccc(C)c(C)c2)cc1C. The van der Waals surface area contributed by atoms with Crippen molar-refractivity contribution in [1.29, 1.82) is 0 Å². The number of aryl methyl sites for hydroxylation is 4. The second-order valence-electron chi connectivity index (χ2n) is 10.0. The summed E-state index contributed by atoms with van der Waals surface area (Å²) in [6.45, 7) is 7.06. The van der Waals surface area contributed by atoms with Crippen LogP contribution < -0.4 is 0 Å². The zero-order valence-electron chi connectivity index (χ0n) is 20.8. The molecule has 0 aliphatic heterocycles. The van der Waals surface area contributed by atoms with Gasteiger partial charge >= 0.3 is 11.9 Å². The minimum absolute atomic E-state index is 0.0391. The molecule has 2 aromatic carbocycles. The quantitative estimate of drug-likeness (QED) is 0.404. The summed E-state index contributed by atoms with van der Waals surface area (Å²) in [4.78, 5) is 51.1. The van der Waals surface area contributed by atoms with E-state index in [0.29, 0.717) is 11.1 Å². The normalized spacial score (nSPS) is 22.6. The van der Waals surface area contributed by atoms with Crippen LogP contribution in [0.15, 0.2) is 36.4 Å². The van der Waals surface area contributed by atoms with Gasteiger partial charge in [0, 0.05) is 11.1 Å². The van der Waals surface area contributed by atoms with E-state index in [-0.39, 0.29) is 36.6 Å². The predicted molar refractivity (Wildman–Crippen MR) is 130 cm³/mol. The number of Topliss-reactive ketones (excluding diaryl/α,β-unsaturated/α-hetero) is 2. The van der Waals surface area contributed by atoms with E-state index in [0.717, 1.165) is 41.5 Å². The van der Waals surface area contributed by atoms with Crippen LogP contribution in [0, 0.1) is 51.4 Å². The van der Waals surface area contributed by atoms with E-state index in [1.54, 1.807) is 24.3 Å². The van der Waals surface area contributed by atoms with Gasteiger partial charge in [-0.1, -0.05) is 24.3 Å². The number of hydrogen-bond acceptors (Lipinski definition) is 6. The Kier molecular flexibility index (Phi) is 7.20. The molecule has 0 N–H and O–H groups in total. The second kappa shape index (κ2) is 10.1. The molecule has 0 spiro atoms. The Morgan fingerprint density at radius 1 is 0.657 bits per heavy atom. The lowest BCUT2D eigenvalue weighted by Crippen LogP contribution is -2.38. The van der Waals surface area contributed by atoms with E-state index >= 15 is 0 Å². The summed E-state index contributed by atoms with van der Waals surface area (Å²) in [6, 6.07) is 10.8. The minimum atomic E-state index is -0.634. The first-order valence-corrected chi connectivity index (χ1v) is 12.2. The fourth-order valence-electron chi connectivity index (χ4n) is 5.43. The Bertz CT molecular complexity index is 1090. The molecule has 2 fully saturated rings. The molecule has 35 heavy (non-hydrogen) atoms. The largest absolute Gasteiger partial charge is 0.457 e. The van der Waals surface area contributed by atoms with Gasteiger partial charge in [0.25, 0.3) is 0 Å². The van der Waals surface area contributed by atoms with E-state index in [2.05, 4.69) is 0 Å². The van der Waals surface area contributed by atoms with E-state index in [4.69, 9.17) is 9.47 Å². The third kappa shape index (κ3) is 5.21. The van der Waals surface area contributed by atoms with Crippen molar-refractivity contribution >= 4 is 23.5 Å². The first-order valence-electron chi connectivity index (χ1n) is 12.2. The van der Waals surface area contributed by atoms with Gasteiger partial charge in [0.1, 0.15) is 0 Å². The Morgan fingerprint density at radius 3 is 1.43 bits per heavy atom. The van der Waals surface area contributed by atoms with Crippen LogP contribution in [0.3, 0.4) is 0 Å². The van der Waals surface area contributed by atoms with Gasteiger partial charge < -0.3 is 9.47 Å². The van der Waals surface area contributed by atoms with Gasteiger partial charge in [-0.15, -0.1) is 0 Å². The molecule has 0 radical (unpaired) electrons. The molecule has 0 aromatic heterocycles. The summed E-state index contributed by atoms with van der Waals surface area (Å²) >= 11 is 0. The van der Waals surface area contributed by atoms with Crippen molar-refractivity contribution in [1.82, 2.24) is 0 Å². The number of ether oxygens (including phenoxy) is 2. The molecule has 2 bridgehead atoms. The van der Waals surface area contributed by atoms with E-state index < -0.39 is 23.8 Å². The van der Waals surface area contributed by atoms with Crippen LogP contribution in [0.4, 0.5) is 0 Å². The van der Waals surface area contributed by atoms with Crippen LogP contribution >= 0.6 is 0 Å². The summed E-state index contributed by atoms with van der Waals surface area (Å²) in [7, 11) is 0. The molecule has 2 saturated carbocycles. The fraction of sp³-hybridized carbons (Fsp3) is 0.448. The number of carbonyl (C=O) groups is 4. The molecule has 6 heteroatoms. The molecule has 0 amide bonds. The molecule has 0 heterocycles. The maximum atomic E-state index is 13.0. The van der Waals surface area contributed by atoms with Crippen LogP contribution in [-0.4, -0.2) is 36.7 Å². The summed E-state index contributed by atoms with van der Waals surface area (Å²) in [5.74, 6) is -2.80. The number of benzene rings is 2. The monoisotopic (exact) mass is 476 g/mol. The molecule has 0 saturated heterocycles. The highest BCUT2D eigenvalue weighted by atomic mass is 16.5. The Hall–Kier alpha value is -3.28. The molecule has 2 aromatic rings. The predicted octanol–water partition coefficient (Wildman–Crippen LogP) is 4.73. The minimum Gasteiger partial charge on any atom is -0.457 e. The summed E-state index contributed by atoms with van der Waals surface area (Å²) in [5, 5.41) is 0. The summed E-state index contributed by atoms with van der Waals surface area (Å²) in [5.41, 5.74) is 5.14. The van der Waals surface area contributed by atoms with Crippen molar-refractivity contribution in [2.45, 2.75) is 47.0 Å². The molecule has 184 valence electrons. The zero-order valence-corrected chi connectivity index (χ0v) is 20.8. The molecular formula is C29H32O6. The highest BCUT2D eigenvalue weighted by Crippen LogP contribution is 2.53. The maximum Gasteiger partial charge on any atom is 0.310 e. The van der Waals surface area contributed by atoms with Gasteiger partial charge in [0.2, 0.25) is 0 Å². The molecule has 4 atom stereocenters. The van der Waals surface area contributed by atoms with Gasteiger partial charge in [-0.3, -0.25) is 19.2 Å². The highest BCUT2D eigenvalue weighted by molar-refractivity contribution is 5.99. The molecule has 6 nitrogen and oxygen atoms in total. The number of rotatable bonds is 8. The van der Waals surface area contributed by atoms with Crippen molar-refractivity contribution in [3.8, 4) is 0 Å². The second-order valence-corrected chi connectivity index (χ2v) is 10.0. The van der Waals surface area contributed by atoms with Crippen LogP contribution in [0.1, 0.15) is 62.2 Å². The first-order chi connectivity index (χ1) is 16.7. The smallest absolute Gasteiger partial charge is 0.310 e. The maximum absolute atomic E-state index is 13.0. The lowest BCUT2D eigenvalue weighted by Gasteiger charge is -2.27. The van der Waals surface area contributed by atoms with Crippen LogP contribution in [0.2, 0.25) is 0 Å². The fourth-order valence-corrected chi connectivity index (χ4v) is 5.43. The van der Waals surface area contributed by atoms with Gasteiger partial charge in [0.05, 0.1) is 11.8 Å². The van der Waals surface area contributed by atoms with Gasteiger partial charge in [-0.05, 0) is 93.2 Å². The van der Waals surface area contributed by atoms with Crippen LogP contribution in [-0.2, 0) is 19.1 Å². The van der Waals surface area contributed by atoms with Gasteiger partial charge in [0.15, 0.2) is 24.8 Å². The molecule has 4 rings (SSSR count). The number of hydrogen-bond donors (Lipinski definition) is 0. The van der Waals surface area contributed by atoms with Crippen molar-refractivity contribution in [2.75, 3.05) is 13.2 Å². The first kappa shape index (κ1) is 24.8. The number of fused-ring (bicyclic) bond motifs is 2. The van der Waals surface area contributed by atoms with Gasteiger partial charge in [-0.25, -0.2) is 0 Å².